The molecule has 1 aliphatic rings. The van der Waals surface area contributed by atoms with Crippen LogP contribution in [0.15, 0.2) is 4.52 Å². The molecule has 0 spiro atoms. The van der Waals surface area contributed by atoms with Crippen LogP contribution in [0.25, 0.3) is 0 Å². The Hall–Kier alpha value is -0.900. The lowest BCUT2D eigenvalue weighted by Crippen LogP contribution is -2.33. The van der Waals surface area contributed by atoms with Gasteiger partial charge in [-0.05, 0) is 31.6 Å². The monoisotopic (exact) mass is 237 g/mol. The predicted octanol–water partition coefficient (Wildman–Crippen LogP) is 2.95. The van der Waals surface area contributed by atoms with Crippen molar-refractivity contribution < 1.29 is 4.52 Å². The van der Waals surface area contributed by atoms with Gasteiger partial charge in [0, 0.05) is 5.92 Å². The zero-order valence-electron chi connectivity index (χ0n) is 11.3. The molecule has 2 N–H and O–H groups in total. The summed E-state index contributed by atoms with van der Waals surface area (Å²) in [4.78, 5) is 4.53. The minimum atomic E-state index is -0.482. The molecule has 1 fully saturated rings. The van der Waals surface area contributed by atoms with Gasteiger partial charge in [-0.1, -0.05) is 32.3 Å². The second kappa shape index (κ2) is 4.09. The normalized spacial score (nSPS) is 27.0. The van der Waals surface area contributed by atoms with E-state index in [0.717, 1.165) is 18.7 Å². The molecule has 0 aliphatic heterocycles. The van der Waals surface area contributed by atoms with E-state index in [9.17, 15) is 0 Å². The van der Waals surface area contributed by atoms with Crippen molar-refractivity contribution in [3.63, 3.8) is 0 Å². The molecule has 0 saturated heterocycles. The average Bonchev–Trinajstić information content (AvgIpc) is 2.84. The lowest BCUT2D eigenvalue weighted by molar-refractivity contribution is 0.259. The third-order valence-corrected chi connectivity index (χ3v) is 4.24. The number of aromatic nitrogens is 2. The topological polar surface area (TPSA) is 64.9 Å². The van der Waals surface area contributed by atoms with E-state index in [4.69, 9.17) is 10.3 Å². The quantitative estimate of drug-likeness (QED) is 0.877. The van der Waals surface area contributed by atoms with Crippen LogP contribution < -0.4 is 5.73 Å². The highest BCUT2D eigenvalue weighted by atomic mass is 16.5. The SMILES string of the molecule is CCC(C)(N)c1noc(C2CCCC2(C)C)n1. The summed E-state index contributed by atoms with van der Waals surface area (Å²) < 4.78 is 5.43. The van der Waals surface area contributed by atoms with Gasteiger partial charge in [0.05, 0.1) is 5.54 Å². The van der Waals surface area contributed by atoms with Crippen molar-refractivity contribution in [3.8, 4) is 0 Å². The Morgan fingerprint density at radius 1 is 1.53 bits per heavy atom. The summed E-state index contributed by atoms with van der Waals surface area (Å²) in [5.41, 5.74) is 5.92. The largest absolute Gasteiger partial charge is 0.339 e. The molecule has 17 heavy (non-hydrogen) atoms. The van der Waals surface area contributed by atoms with Crippen LogP contribution in [0.4, 0.5) is 0 Å². The van der Waals surface area contributed by atoms with Crippen LogP contribution in [0.5, 0.6) is 0 Å². The first-order valence-corrected chi connectivity index (χ1v) is 6.50. The lowest BCUT2D eigenvalue weighted by atomic mass is 9.82. The van der Waals surface area contributed by atoms with Gasteiger partial charge in [0.25, 0.3) is 0 Å². The van der Waals surface area contributed by atoms with Gasteiger partial charge in [-0.15, -0.1) is 0 Å². The third-order valence-electron chi connectivity index (χ3n) is 4.24. The molecule has 4 heteroatoms. The lowest BCUT2D eigenvalue weighted by Gasteiger charge is -2.23. The van der Waals surface area contributed by atoms with Gasteiger partial charge in [0.1, 0.15) is 0 Å². The molecule has 0 amide bonds. The Bertz CT molecular complexity index is 395. The minimum absolute atomic E-state index is 0.265. The maximum atomic E-state index is 6.13. The van der Waals surface area contributed by atoms with Crippen LogP contribution in [0.3, 0.4) is 0 Å². The number of nitrogens with two attached hydrogens (primary N) is 1. The average molecular weight is 237 g/mol. The zero-order chi connectivity index (χ0) is 12.7. The molecule has 2 rings (SSSR count). The van der Waals surface area contributed by atoms with Crippen molar-refractivity contribution in [2.45, 2.75) is 64.8 Å². The zero-order valence-corrected chi connectivity index (χ0v) is 11.3. The van der Waals surface area contributed by atoms with E-state index in [2.05, 4.69) is 24.0 Å². The van der Waals surface area contributed by atoms with E-state index in [-0.39, 0.29) is 5.41 Å². The highest BCUT2D eigenvalue weighted by Gasteiger charge is 2.40. The molecule has 1 aromatic heterocycles. The van der Waals surface area contributed by atoms with E-state index < -0.39 is 5.54 Å². The molecule has 2 unspecified atom stereocenters. The summed E-state index contributed by atoms with van der Waals surface area (Å²) in [6.45, 7) is 8.53. The Kier molecular flexibility index (Phi) is 3.02. The number of hydrogen-bond donors (Lipinski definition) is 1. The predicted molar refractivity (Wildman–Crippen MR) is 66.5 cm³/mol. The van der Waals surface area contributed by atoms with E-state index in [1.165, 1.54) is 12.8 Å². The van der Waals surface area contributed by atoms with Gasteiger partial charge in [-0.2, -0.15) is 4.98 Å². The summed E-state index contributed by atoms with van der Waals surface area (Å²) in [5.74, 6) is 1.79. The van der Waals surface area contributed by atoms with Crippen LogP contribution in [-0.2, 0) is 5.54 Å². The Morgan fingerprint density at radius 3 is 2.76 bits per heavy atom. The fourth-order valence-electron chi connectivity index (χ4n) is 2.55. The molecule has 96 valence electrons. The molecule has 1 aliphatic carbocycles. The van der Waals surface area contributed by atoms with Crippen molar-refractivity contribution in [1.29, 1.82) is 0 Å². The smallest absolute Gasteiger partial charge is 0.230 e. The van der Waals surface area contributed by atoms with Crippen molar-refractivity contribution in [3.05, 3.63) is 11.7 Å². The van der Waals surface area contributed by atoms with Crippen LogP contribution in [0.1, 0.15) is 71.0 Å². The molecule has 1 heterocycles. The van der Waals surface area contributed by atoms with Gasteiger partial charge in [0.2, 0.25) is 5.89 Å². The standard InChI is InChI=1S/C13H23N3O/c1-5-13(4,14)11-15-10(17-16-11)9-7-6-8-12(9,2)3/h9H,5-8,14H2,1-4H3. The van der Waals surface area contributed by atoms with Gasteiger partial charge in [-0.3, -0.25) is 0 Å². The number of nitrogens with zero attached hydrogens (tertiary/aromatic N) is 2. The number of hydrogen-bond acceptors (Lipinski definition) is 4. The fourth-order valence-corrected chi connectivity index (χ4v) is 2.55. The highest BCUT2D eigenvalue weighted by Crippen LogP contribution is 2.48. The third kappa shape index (κ3) is 2.23. The summed E-state index contributed by atoms with van der Waals surface area (Å²) >= 11 is 0. The molecule has 1 aromatic rings. The second-order valence-corrected chi connectivity index (χ2v) is 6.16. The maximum Gasteiger partial charge on any atom is 0.230 e. The van der Waals surface area contributed by atoms with E-state index in [0.29, 0.717) is 11.7 Å². The van der Waals surface area contributed by atoms with Crippen molar-refractivity contribution in [2.24, 2.45) is 11.1 Å². The molecule has 0 radical (unpaired) electrons. The number of rotatable bonds is 3. The summed E-state index contributed by atoms with van der Waals surface area (Å²) in [6.07, 6.45) is 4.41. The Labute approximate surface area is 103 Å². The molecule has 0 aromatic carbocycles. The second-order valence-electron chi connectivity index (χ2n) is 6.16. The molecular weight excluding hydrogens is 214 g/mol. The molecule has 2 atom stereocenters. The Balaban J connectivity index is 2.25. The molecule has 4 nitrogen and oxygen atoms in total. The van der Waals surface area contributed by atoms with Gasteiger partial charge >= 0.3 is 0 Å². The first-order chi connectivity index (χ1) is 7.87. The van der Waals surface area contributed by atoms with Crippen LogP contribution >= 0.6 is 0 Å². The van der Waals surface area contributed by atoms with Gasteiger partial charge in [-0.25, -0.2) is 0 Å². The van der Waals surface area contributed by atoms with E-state index >= 15 is 0 Å². The van der Waals surface area contributed by atoms with E-state index in [1.807, 2.05) is 13.8 Å². The molecule has 1 saturated carbocycles. The van der Waals surface area contributed by atoms with Crippen molar-refractivity contribution >= 4 is 0 Å². The fraction of sp³-hybridized carbons (Fsp3) is 0.846. The van der Waals surface area contributed by atoms with Crippen molar-refractivity contribution in [1.82, 2.24) is 10.1 Å². The van der Waals surface area contributed by atoms with Crippen LogP contribution in [0, 0.1) is 5.41 Å². The summed E-state index contributed by atoms with van der Waals surface area (Å²) in [5, 5.41) is 4.06. The first-order valence-electron chi connectivity index (χ1n) is 6.50. The maximum absolute atomic E-state index is 6.13. The summed E-state index contributed by atoms with van der Waals surface area (Å²) in [7, 11) is 0. The molecular formula is C13H23N3O. The van der Waals surface area contributed by atoms with Crippen LogP contribution in [0.2, 0.25) is 0 Å². The van der Waals surface area contributed by atoms with Crippen molar-refractivity contribution in [2.75, 3.05) is 0 Å². The first kappa shape index (κ1) is 12.6. The summed E-state index contributed by atoms with van der Waals surface area (Å²) in [6, 6.07) is 0. The van der Waals surface area contributed by atoms with Crippen LogP contribution in [-0.4, -0.2) is 10.1 Å². The molecule has 0 bridgehead atoms. The Morgan fingerprint density at radius 2 is 2.24 bits per heavy atom. The highest BCUT2D eigenvalue weighted by molar-refractivity contribution is 5.07. The van der Waals surface area contributed by atoms with Gasteiger partial charge in [0.15, 0.2) is 5.82 Å². The van der Waals surface area contributed by atoms with E-state index in [1.54, 1.807) is 0 Å². The van der Waals surface area contributed by atoms with Gasteiger partial charge < -0.3 is 10.3 Å². The minimum Gasteiger partial charge on any atom is -0.339 e.